The van der Waals surface area contributed by atoms with Crippen LogP contribution in [0.5, 0.6) is 0 Å². The first-order valence-corrected chi connectivity index (χ1v) is 9.43. The molecule has 1 atom stereocenters. The second kappa shape index (κ2) is 9.05. The maximum Gasteiger partial charge on any atom is 0.350 e. The van der Waals surface area contributed by atoms with Crippen molar-refractivity contribution in [2.24, 2.45) is 0 Å². The SMILES string of the molecule is CC(C)(C)OOC[C@@H](OC(=O)c1ccc(C(C)(C)C)cc1)C(=O)OC(C)(C)C. The Morgan fingerprint density at radius 2 is 1.39 bits per heavy atom. The summed E-state index contributed by atoms with van der Waals surface area (Å²) in [5.41, 5.74) is 0.124. The van der Waals surface area contributed by atoms with Crippen LogP contribution in [0, 0.1) is 0 Å². The predicted octanol–water partition coefficient (Wildman–Crippen LogP) is 4.60. The van der Waals surface area contributed by atoms with Gasteiger partial charge in [-0.2, -0.15) is 0 Å². The van der Waals surface area contributed by atoms with Gasteiger partial charge in [-0.25, -0.2) is 19.4 Å². The van der Waals surface area contributed by atoms with E-state index < -0.39 is 29.2 Å². The largest absolute Gasteiger partial charge is 0.457 e. The Kier molecular flexibility index (Phi) is 7.80. The third-order valence-corrected chi connectivity index (χ3v) is 3.43. The molecule has 0 amide bonds. The van der Waals surface area contributed by atoms with E-state index in [4.69, 9.17) is 19.2 Å². The van der Waals surface area contributed by atoms with E-state index in [1.54, 1.807) is 53.7 Å². The number of hydrogen-bond donors (Lipinski definition) is 0. The maximum absolute atomic E-state index is 12.5. The summed E-state index contributed by atoms with van der Waals surface area (Å²) in [5, 5.41) is 0. The van der Waals surface area contributed by atoms with Crippen LogP contribution in [-0.4, -0.2) is 35.9 Å². The lowest BCUT2D eigenvalue weighted by Gasteiger charge is -2.25. The minimum atomic E-state index is -1.24. The van der Waals surface area contributed by atoms with Crippen molar-refractivity contribution in [3.05, 3.63) is 35.4 Å². The Morgan fingerprint density at radius 1 is 0.857 bits per heavy atom. The van der Waals surface area contributed by atoms with Crippen LogP contribution in [0.4, 0.5) is 0 Å². The molecule has 0 fully saturated rings. The zero-order valence-corrected chi connectivity index (χ0v) is 18.5. The highest BCUT2D eigenvalue weighted by molar-refractivity contribution is 5.91. The minimum Gasteiger partial charge on any atom is -0.457 e. The highest BCUT2D eigenvalue weighted by Crippen LogP contribution is 2.22. The van der Waals surface area contributed by atoms with Crippen LogP contribution in [0.15, 0.2) is 24.3 Å². The summed E-state index contributed by atoms with van der Waals surface area (Å²) < 4.78 is 10.7. The van der Waals surface area contributed by atoms with Gasteiger partial charge >= 0.3 is 11.9 Å². The number of hydrogen-bond acceptors (Lipinski definition) is 6. The van der Waals surface area contributed by atoms with Crippen LogP contribution in [0.25, 0.3) is 0 Å². The van der Waals surface area contributed by atoms with Gasteiger partial charge in [0.2, 0.25) is 6.10 Å². The first-order valence-electron chi connectivity index (χ1n) is 9.43. The molecule has 0 N–H and O–H groups in total. The zero-order valence-electron chi connectivity index (χ0n) is 18.5. The summed E-state index contributed by atoms with van der Waals surface area (Å²) in [7, 11) is 0. The lowest BCUT2D eigenvalue weighted by atomic mass is 9.87. The molecule has 0 bridgehead atoms. The van der Waals surface area contributed by atoms with Crippen molar-refractivity contribution in [2.45, 2.75) is 85.0 Å². The molecule has 1 rings (SSSR count). The third-order valence-electron chi connectivity index (χ3n) is 3.43. The summed E-state index contributed by atoms with van der Waals surface area (Å²) in [6.07, 6.45) is -1.24. The molecule has 6 heteroatoms. The van der Waals surface area contributed by atoms with Gasteiger partial charge in [-0.05, 0) is 64.7 Å². The zero-order chi connectivity index (χ0) is 21.8. The smallest absolute Gasteiger partial charge is 0.350 e. The number of carbonyl (C=O) groups excluding carboxylic acids is 2. The maximum atomic E-state index is 12.5. The first-order chi connectivity index (χ1) is 12.6. The summed E-state index contributed by atoms with van der Waals surface area (Å²) >= 11 is 0. The Morgan fingerprint density at radius 3 is 1.82 bits per heavy atom. The Labute approximate surface area is 168 Å². The Bertz CT molecular complexity index is 656. The molecule has 6 nitrogen and oxygen atoms in total. The molecule has 1 aromatic carbocycles. The van der Waals surface area contributed by atoms with Gasteiger partial charge in [0, 0.05) is 0 Å². The number of esters is 2. The lowest BCUT2D eigenvalue weighted by Crippen LogP contribution is -2.38. The van der Waals surface area contributed by atoms with Crippen LogP contribution in [0.2, 0.25) is 0 Å². The van der Waals surface area contributed by atoms with Crippen molar-refractivity contribution < 1.29 is 28.8 Å². The molecule has 0 saturated heterocycles. The monoisotopic (exact) mass is 394 g/mol. The minimum absolute atomic E-state index is 0.0282. The third kappa shape index (κ3) is 8.85. The quantitative estimate of drug-likeness (QED) is 0.399. The second-order valence-corrected chi connectivity index (χ2v) is 9.73. The van der Waals surface area contributed by atoms with Crippen molar-refractivity contribution >= 4 is 11.9 Å². The molecular weight excluding hydrogens is 360 g/mol. The normalized spacial score (nSPS) is 13.8. The van der Waals surface area contributed by atoms with E-state index in [2.05, 4.69) is 20.8 Å². The molecule has 1 aromatic rings. The highest BCUT2D eigenvalue weighted by atomic mass is 17.2. The molecule has 28 heavy (non-hydrogen) atoms. The number of ether oxygens (including phenoxy) is 2. The van der Waals surface area contributed by atoms with Gasteiger partial charge in [0.1, 0.15) is 12.2 Å². The van der Waals surface area contributed by atoms with Crippen molar-refractivity contribution in [1.29, 1.82) is 0 Å². The summed E-state index contributed by atoms with van der Waals surface area (Å²) in [6, 6.07) is 7.11. The lowest BCUT2D eigenvalue weighted by molar-refractivity contribution is -0.354. The van der Waals surface area contributed by atoms with Crippen molar-refractivity contribution in [2.75, 3.05) is 6.61 Å². The molecule has 0 unspecified atom stereocenters. The number of rotatable bonds is 6. The van der Waals surface area contributed by atoms with Crippen molar-refractivity contribution in [3.63, 3.8) is 0 Å². The molecule has 0 aliphatic rings. The van der Waals surface area contributed by atoms with E-state index in [-0.39, 0.29) is 12.0 Å². The number of carbonyl (C=O) groups is 2. The van der Waals surface area contributed by atoms with Gasteiger partial charge in [0.25, 0.3) is 0 Å². The molecule has 0 aliphatic carbocycles. The fourth-order valence-electron chi connectivity index (χ4n) is 2.09. The van der Waals surface area contributed by atoms with E-state index >= 15 is 0 Å². The average Bonchev–Trinajstić information content (AvgIpc) is 2.50. The standard InChI is InChI=1S/C22H34O6/c1-20(2,3)16-12-10-15(11-13-16)18(23)26-17(14-25-28-22(7,8)9)19(24)27-21(4,5)6/h10-13,17H,14H2,1-9H3/t17-/m1/s1. The van der Waals surface area contributed by atoms with Crippen LogP contribution in [0.1, 0.15) is 78.2 Å². The second-order valence-electron chi connectivity index (χ2n) is 9.73. The predicted molar refractivity (Wildman–Crippen MR) is 107 cm³/mol. The fourth-order valence-corrected chi connectivity index (χ4v) is 2.09. The van der Waals surface area contributed by atoms with Crippen molar-refractivity contribution in [1.82, 2.24) is 0 Å². The molecule has 0 aliphatic heterocycles. The summed E-state index contributed by atoms with van der Waals surface area (Å²) in [4.78, 5) is 35.3. The fraction of sp³-hybridized carbons (Fsp3) is 0.636. The van der Waals surface area contributed by atoms with Gasteiger partial charge in [-0.1, -0.05) is 32.9 Å². The Hall–Kier alpha value is -1.92. The molecular formula is C22H34O6. The van der Waals surface area contributed by atoms with E-state index in [0.29, 0.717) is 5.56 Å². The van der Waals surface area contributed by atoms with Crippen molar-refractivity contribution in [3.8, 4) is 0 Å². The molecule has 0 saturated carbocycles. The molecule has 0 aromatic heterocycles. The van der Waals surface area contributed by atoms with E-state index in [0.717, 1.165) is 5.56 Å². The summed E-state index contributed by atoms with van der Waals surface area (Å²) in [5.74, 6) is -1.32. The Balaban J connectivity index is 2.88. The highest BCUT2D eigenvalue weighted by Gasteiger charge is 2.30. The molecule has 158 valence electrons. The van der Waals surface area contributed by atoms with Crippen LogP contribution in [0.3, 0.4) is 0 Å². The topological polar surface area (TPSA) is 71.1 Å². The van der Waals surface area contributed by atoms with E-state index in [1.165, 1.54) is 0 Å². The van der Waals surface area contributed by atoms with E-state index in [1.807, 2.05) is 12.1 Å². The first kappa shape index (κ1) is 24.1. The molecule has 0 spiro atoms. The molecule has 0 radical (unpaired) electrons. The van der Waals surface area contributed by atoms with Gasteiger partial charge in [0.15, 0.2) is 0 Å². The van der Waals surface area contributed by atoms with Gasteiger partial charge in [-0.15, -0.1) is 0 Å². The van der Waals surface area contributed by atoms with Crippen LogP contribution in [-0.2, 0) is 29.5 Å². The van der Waals surface area contributed by atoms with Crippen LogP contribution < -0.4 is 0 Å². The van der Waals surface area contributed by atoms with Gasteiger partial charge in [-0.3, -0.25) is 0 Å². The number of benzene rings is 1. The van der Waals surface area contributed by atoms with Crippen LogP contribution >= 0.6 is 0 Å². The van der Waals surface area contributed by atoms with E-state index in [9.17, 15) is 9.59 Å². The molecule has 0 heterocycles. The van der Waals surface area contributed by atoms with Gasteiger partial charge < -0.3 is 9.47 Å². The van der Waals surface area contributed by atoms with Gasteiger partial charge in [0.05, 0.1) is 11.2 Å². The average molecular weight is 395 g/mol. The summed E-state index contributed by atoms with van der Waals surface area (Å²) in [6.45, 7) is 16.6.